The molecule has 5 heteroatoms. The third-order valence-electron chi connectivity index (χ3n) is 3.99. The summed E-state index contributed by atoms with van der Waals surface area (Å²) in [6.45, 7) is 3.04. The van der Waals surface area contributed by atoms with Crippen LogP contribution in [0.15, 0.2) is 54.6 Å². The third kappa shape index (κ3) is 4.37. The van der Waals surface area contributed by atoms with Crippen LogP contribution >= 0.6 is 0 Å². The zero-order valence-electron chi connectivity index (χ0n) is 15.3. The predicted octanol–water partition coefficient (Wildman–Crippen LogP) is 4.01. The minimum absolute atomic E-state index is 0.314. The number of para-hydroxylation sites is 1. The number of anilines is 2. The lowest BCUT2D eigenvalue weighted by Crippen LogP contribution is -2.20. The summed E-state index contributed by atoms with van der Waals surface area (Å²) >= 11 is 0. The van der Waals surface area contributed by atoms with E-state index in [0.717, 1.165) is 28.0 Å². The van der Waals surface area contributed by atoms with E-state index >= 15 is 0 Å². The fourth-order valence-electron chi connectivity index (χ4n) is 2.69. The van der Waals surface area contributed by atoms with Crippen molar-refractivity contribution < 1.29 is 9.53 Å². The number of esters is 1. The Morgan fingerprint density at radius 2 is 1.92 bits per heavy atom. The van der Waals surface area contributed by atoms with Gasteiger partial charge in [0.2, 0.25) is 0 Å². The highest BCUT2D eigenvalue weighted by molar-refractivity contribution is 5.94. The molecular formula is C21H23N3O2. The summed E-state index contributed by atoms with van der Waals surface area (Å²) in [5.41, 5.74) is 4.21. The first-order valence-corrected chi connectivity index (χ1v) is 8.58. The van der Waals surface area contributed by atoms with E-state index in [1.165, 1.54) is 0 Å². The summed E-state index contributed by atoms with van der Waals surface area (Å²) in [5, 5.41) is 4.44. The van der Waals surface area contributed by atoms with Gasteiger partial charge in [-0.25, -0.2) is 4.79 Å². The molecule has 3 rings (SSSR count). The fraction of sp³-hybridized carbons (Fsp3) is 0.238. The number of aryl methyl sites for hydroxylation is 1. The Kier molecular flexibility index (Phi) is 5.49. The van der Waals surface area contributed by atoms with Gasteiger partial charge in [0, 0.05) is 29.0 Å². The molecule has 0 saturated carbocycles. The quantitative estimate of drug-likeness (QED) is 0.682. The van der Waals surface area contributed by atoms with Gasteiger partial charge in [-0.15, -0.1) is 0 Å². The maximum Gasteiger partial charge on any atom is 0.338 e. The number of hydrogen-bond acceptors (Lipinski definition) is 5. The van der Waals surface area contributed by atoms with Crippen LogP contribution in [0.25, 0.3) is 10.9 Å². The number of nitrogens with zero attached hydrogens (tertiary/aromatic N) is 2. The van der Waals surface area contributed by atoms with Gasteiger partial charge in [0.05, 0.1) is 11.1 Å². The summed E-state index contributed by atoms with van der Waals surface area (Å²) in [5.74, 6) is -0.314. The maximum absolute atomic E-state index is 12.2. The molecule has 1 heterocycles. The molecule has 0 unspecified atom stereocenters. The largest absolute Gasteiger partial charge is 0.461 e. The van der Waals surface area contributed by atoms with Crippen LogP contribution in [0.1, 0.15) is 16.1 Å². The van der Waals surface area contributed by atoms with E-state index in [1.807, 2.05) is 74.4 Å². The number of ether oxygens (including phenoxy) is 1. The number of likely N-dealkylation sites (N-methyl/N-ethyl adjacent to an activating group) is 1. The van der Waals surface area contributed by atoms with Gasteiger partial charge < -0.3 is 15.0 Å². The molecule has 0 amide bonds. The summed E-state index contributed by atoms with van der Waals surface area (Å²) in [6, 6.07) is 17.3. The fourth-order valence-corrected chi connectivity index (χ4v) is 2.69. The molecule has 0 aliphatic rings. The third-order valence-corrected chi connectivity index (χ3v) is 3.99. The summed E-state index contributed by atoms with van der Waals surface area (Å²) in [7, 11) is 3.89. The van der Waals surface area contributed by atoms with E-state index in [9.17, 15) is 4.79 Å². The Morgan fingerprint density at radius 1 is 1.12 bits per heavy atom. The molecule has 0 atom stereocenters. The van der Waals surface area contributed by atoms with E-state index < -0.39 is 0 Å². The SMILES string of the molecule is Cc1cc(Nc2cccc(C(=O)OCCN(C)C)c2)c2ccccc2n1. The van der Waals surface area contributed by atoms with Crippen molar-refractivity contribution >= 4 is 28.2 Å². The second-order valence-electron chi connectivity index (χ2n) is 6.47. The first kappa shape index (κ1) is 17.9. The zero-order valence-corrected chi connectivity index (χ0v) is 15.3. The topological polar surface area (TPSA) is 54.5 Å². The zero-order chi connectivity index (χ0) is 18.5. The van der Waals surface area contributed by atoms with Crippen LogP contribution in [-0.2, 0) is 4.74 Å². The average molecular weight is 349 g/mol. The van der Waals surface area contributed by atoms with E-state index in [4.69, 9.17) is 4.74 Å². The van der Waals surface area contributed by atoms with E-state index in [-0.39, 0.29) is 5.97 Å². The molecule has 0 aliphatic carbocycles. The van der Waals surface area contributed by atoms with Crippen LogP contribution in [0.5, 0.6) is 0 Å². The minimum Gasteiger partial charge on any atom is -0.461 e. The molecule has 3 aromatic rings. The monoisotopic (exact) mass is 349 g/mol. The number of fused-ring (bicyclic) bond motifs is 1. The lowest BCUT2D eigenvalue weighted by Gasteiger charge is -2.12. The Hall–Kier alpha value is -2.92. The minimum atomic E-state index is -0.314. The molecule has 0 spiro atoms. The average Bonchev–Trinajstić information content (AvgIpc) is 2.61. The molecule has 1 N–H and O–H groups in total. The summed E-state index contributed by atoms with van der Waals surface area (Å²) in [6.07, 6.45) is 0. The Morgan fingerprint density at radius 3 is 2.73 bits per heavy atom. The van der Waals surface area contributed by atoms with Crippen LogP contribution in [0.3, 0.4) is 0 Å². The maximum atomic E-state index is 12.2. The van der Waals surface area contributed by atoms with Crippen LogP contribution in [0.2, 0.25) is 0 Å². The van der Waals surface area contributed by atoms with Crippen LogP contribution in [0.4, 0.5) is 11.4 Å². The highest BCUT2D eigenvalue weighted by Gasteiger charge is 2.09. The molecule has 0 saturated heterocycles. The van der Waals surface area contributed by atoms with Crippen molar-refractivity contribution in [2.75, 3.05) is 32.6 Å². The van der Waals surface area contributed by atoms with Crippen LogP contribution in [-0.4, -0.2) is 43.1 Å². The molecule has 0 aliphatic heterocycles. The molecule has 1 aromatic heterocycles. The Bertz CT molecular complexity index is 922. The number of benzene rings is 2. The van der Waals surface area contributed by atoms with Crippen molar-refractivity contribution in [2.24, 2.45) is 0 Å². The first-order chi connectivity index (χ1) is 12.5. The molecule has 0 bridgehead atoms. The lowest BCUT2D eigenvalue weighted by molar-refractivity contribution is 0.0482. The second kappa shape index (κ2) is 7.97. The predicted molar refractivity (Wildman–Crippen MR) is 105 cm³/mol. The molecule has 134 valence electrons. The van der Waals surface area contributed by atoms with Crippen molar-refractivity contribution in [1.29, 1.82) is 0 Å². The number of carbonyl (C=O) groups excluding carboxylic acids is 1. The van der Waals surface area contributed by atoms with E-state index in [2.05, 4.69) is 10.3 Å². The summed E-state index contributed by atoms with van der Waals surface area (Å²) < 4.78 is 5.32. The standard InChI is InChI=1S/C21H23N3O2/c1-15-13-20(18-9-4-5-10-19(18)22-15)23-17-8-6-7-16(14-17)21(25)26-12-11-24(2)3/h4-10,13-14H,11-12H2,1-3H3,(H,22,23). The molecule has 0 fully saturated rings. The number of aromatic nitrogens is 1. The molecule has 2 aromatic carbocycles. The van der Waals surface area contributed by atoms with Gasteiger partial charge >= 0.3 is 5.97 Å². The van der Waals surface area contributed by atoms with Gasteiger partial charge in [0.1, 0.15) is 6.61 Å². The van der Waals surface area contributed by atoms with E-state index in [0.29, 0.717) is 18.7 Å². The highest BCUT2D eigenvalue weighted by Crippen LogP contribution is 2.26. The van der Waals surface area contributed by atoms with Crippen molar-refractivity contribution in [3.8, 4) is 0 Å². The first-order valence-electron chi connectivity index (χ1n) is 8.58. The van der Waals surface area contributed by atoms with Gasteiger partial charge in [-0.3, -0.25) is 4.98 Å². The Balaban J connectivity index is 1.80. The normalized spacial score (nSPS) is 10.9. The smallest absolute Gasteiger partial charge is 0.338 e. The van der Waals surface area contributed by atoms with Gasteiger partial charge in [-0.1, -0.05) is 24.3 Å². The van der Waals surface area contributed by atoms with E-state index in [1.54, 1.807) is 6.07 Å². The van der Waals surface area contributed by atoms with Crippen LogP contribution in [0, 0.1) is 6.92 Å². The number of rotatable bonds is 6. The van der Waals surface area contributed by atoms with Gasteiger partial charge in [0.25, 0.3) is 0 Å². The number of carbonyl (C=O) groups is 1. The van der Waals surface area contributed by atoms with Gasteiger partial charge in [0.15, 0.2) is 0 Å². The molecule has 0 radical (unpaired) electrons. The highest BCUT2D eigenvalue weighted by atomic mass is 16.5. The van der Waals surface area contributed by atoms with Crippen molar-refractivity contribution in [3.05, 3.63) is 65.9 Å². The molecular weight excluding hydrogens is 326 g/mol. The number of hydrogen-bond donors (Lipinski definition) is 1. The van der Waals surface area contributed by atoms with Crippen molar-refractivity contribution in [1.82, 2.24) is 9.88 Å². The second-order valence-corrected chi connectivity index (χ2v) is 6.47. The van der Waals surface area contributed by atoms with Crippen LogP contribution < -0.4 is 5.32 Å². The van der Waals surface area contributed by atoms with Gasteiger partial charge in [-0.2, -0.15) is 0 Å². The van der Waals surface area contributed by atoms with Crippen molar-refractivity contribution in [3.63, 3.8) is 0 Å². The molecule has 26 heavy (non-hydrogen) atoms. The Labute approximate surface area is 153 Å². The van der Waals surface area contributed by atoms with Gasteiger partial charge in [-0.05, 0) is 51.4 Å². The number of pyridine rings is 1. The number of nitrogens with one attached hydrogen (secondary N) is 1. The lowest BCUT2D eigenvalue weighted by atomic mass is 10.1. The molecule has 5 nitrogen and oxygen atoms in total. The summed E-state index contributed by atoms with van der Waals surface area (Å²) in [4.78, 5) is 18.7. The van der Waals surface area contributed by atoms with Crippen molar-refractivity contribution in [2.45, 2.75) is 6.92 Å².